The normalized spacial score (nSPS) is 12.8. The van der Waals surface area contributed by atoms with Crippen LogP contribution in [-0.2, 0) is 17.6 Å². The maximum atomic E-state index is 8.58. The molecule has 1 aliphatic rings. The monoisotopic (exact) mass is 233 g/mol. The Hall–Kier alpha value is -1.77. The molecule has 0 saturated carbocycles. The molecule has 0 aliphatic heterocycles. The summed E-state index contributed by atoms with van der Waals surface area (Å²) in [5.74, 6) is 0.959. The Morgan fingerprint density at radius 3 is 2.59 bits per heavy atom. The first kappa shape index (κ1) is 13.3. The molecule has 0 unspecified atom stereocenters. The van der Waals surface area contributed by atoms with Crippen molar-refractivity contribution in [3.8, 4) is 5.75 Å². The summed E-state index contributed by atoms with van der Waals surface area (Å²) in [7, 11) is 1.72. The Kier molecular flexibility index (Phi) is 5.27. The lowest BCUT2D eigenvalue weighted by atomic mass is 9.88. The van der Waals surface area contributed by atoms with Crippen LogP contribution in [0.2, 0.25) is 0 Å². The number of methoxy groups -OCH3 is 1. The number of hydrogen-bond donors (Lipinski definition) is 1. The lowest BCUT2D eigenvalue weighted by Crippen LogP contribution is -2.05. The van der Waals surface area contributed by atoms with E-state index >= 15 is 0 Å². The number of carbonyl (C=O) groups excluding carboxylic acids is 1. The van der Waals surface area contributed by atoms with Gasteiger partial charge in [-0.05, 0) is 42.9 Å². The van der Waals surface area contributed by atoms with Crippen molar-refractivity contribution >= 4 is 12.5 Å². The van der Waals surface area contributed by atoms with Crippen molar-refractivity contribution in [2.75, 3.05) is 7.11 Å². The van der Waals surface area contributed by atoms with Gasteiger partial charge in [-0.3, -0.25) is 4.79 Å². The molecule has 2 rings (SSSR count). The number of fused-ring (bicyclic) bond motifs is 1. The second kappa shape index (κ2) is 6.74. The molecule has 92 valence electrons. The molecule has 0 aromatic heterocycles. The minimum atomic E-state index is 0.250. The van der Waals surface area contributed by atoms with E-state index in [4.69, 9.17) is 9.53 Å². The maximum absolute atomic E-state index is 8.58. The molecule has 0 fully saturated rings. The summed E-state index contributed by atoms with van der Waals surface area (Å²) >= 11 is 0. The minimum absolute atomic E-state index is 0.250. The molecule has 0 heterocycles. The molecule has 0 spiro atoms. The summed E-state index contributed by atoms with van der Waals surface area (Å²) in [6.45, 7) is 3.87. The fourth-order valence-electron chi connectivity index (χ4n) is 2.24. The summed E-state index contributed by atoms with van der Waals surface area (Å²) in [5, 5.41) is 0. The Labute approximate surface area is 102 Å². The van der Waals surface area contributed by atoms with Gasteiger partial charge in [0.2, 0.25) is 6.41 Å². The third kappa shape index (κ3) is 3.09. The summed E-state index contributed by atoms with van der Waals surface area (Å²) in [5.41, 5.74) is 8.29. The van der Waals surface area contributed by atoms with Gasteiger partial charge in [0.15, 0.2) is 0 Å². The van der Waals surface area contributed by atoms with Gasteiger partial charge in [-0.15, -0.1) is 0 Å². The van der Waals surface area contributed by atoms with Gasteiger partial charge < -0.3 is 10.5 Å². The van der Waals surface area contributed by atoms with Gasteiger partial charge in [-0.2, -0.15) is 0 Å². The molecule has 0 saturated heterocycles. The van der Waals surface area contributed by atoms with E-state index in [0.717, 1.165) is 5.75 Å². The van der Waals surface area contributed by atoms with E-state index < -0.39 is 0 Å². The predicted octanol–water partition coefficient (Wildman–Crippen LogP) is 2.32. The number of ether oxygens (including phenoxy) is 1. The van der Waals surface area contributed by atoms with Crippen molar-refractivity contribution < 1.29 is 9.53 Å². The number of rotatable bonds is 2. The Bertz CT molecular complexity index is 399. The number of primary amides is 1. The summed E-state index contributed by atoms with van der Waals surface area (Å²) in [6.07, 6.45) is 7.16. The number of benzene rings is 1. The summed E-state index contributed by atoms with van der Waals surface area (Å²) < 4.78 is 5.33. The maximum Gasteiger partial charge on any atom is 0.204 e. The topological polar surface area (TPSA) is 52.3 Å². The zero-order valence-corrected chi connectivity index (χ0v) is 10.2. The predicted molar refractivity (Wildman–Crippen MR) is 70.0 cm³/mol. The first-order valence-electron chi connectivity index (χ1n) is 5.75. The van der Waals surface area contributed by atoms with Gasteiger partial charge in [0, 0.05) is 5.56 Å². The molecule has 0 atom stereocenters. The highest BCUT2D eigenvalue weighted by Crippen LogP contribution is 2.31. The van der Waals surface area contributed by atoms with Crippen LogP contribution in [0.15, 0.2) is 18.7 Å². The molecule has 2 N–H and O–H groups in total. The number of amides is 1. The summed E-state index contributed by atoms with van der Waals surface area (Å²) in [6, 6.07) is 4.25. The van der Waals surface area contributed by atoms with E-state index in [0.29, 0.717) is 0 Å². The molecule has 0 bridgehead atoms. The molecular formula is C14H19NO2. The molecule has 1 aromatic carbocycles. The highest BCUT2D eigenvalue weighted by atomic mass is 16.5. The van der Waals surface area contributed by atoms with Gasteiger partial charge in [0.1, 0.15) is 5.75 Å². The van der Waals surface area contributed by atoms with Crippen molar-refractivity contribution in [2.45, 2.75) is 25.7 Å². The fraction of sp³-hybridized carbons (Fsp3) is 0.357. The van der Waals surface area contributed by atoms with Crippen molar-refractivity contribution in [1.82, 2.24) is 0 Å². The number of aryl methyl sites for hydroxylation is 1. The van der Waals surface area contributed by atoms with Crippen LogP contribution in [0.1, 0.15) is 29.5 Å². The molecule has 17 heavy (non-hydrogen) atoms. The SMILES string of the molecule is C=Cc1c(OC)ccc2c1CCCC2.NC=O. The standard InChI is InChI=1S/C13H16O.CH3NO/c1-3-11-12-7-5-4-6-10(12)8-9-13(11)14-2;2-1-3/h3,8-9H,1,4-7H2,2H3;1H,(H2,2,3). The lowest BCUT2D eigenvalue weighted by Gasteiger charge is -2.19. The van der Waals surface area contributed by atoms with E-state index in [1.807, 2.05) is 6.08 Å². The number of carbonyl (C=O) groups is 1. The van der Waals surface area contributed by atoms with Crippen molar-refractivity contribution in [1.29, 1.82) is 0 Å². The third-order valence-electron chi connectivity index (χ3n) is 2.96. The van der Waals surface area contributed by atoms with Crippen LogP contribution >= 0.6 is 0 Å². The summed E-state index contributed by atoms with van der Waals surface area (Å²) in [4.78, 5) is 8.58. The van der Waals surface area contributed by atoms with Gasteiger partial charge >= 0.3 is 0 Å². The highest BCUT2D eigenvalue weighted by molar-refractivity contribution is 5.62. The van der Waals surface area contributed by atoms with Crippen LogP contribution in [0.4, 0.5) is 0 Å². The second-order valence-electron chi connectivity index (χ2n) is 3.87. The van der Waals surface area contributed by atoms with E-state index in [-0.39, 0.29) is 6.41 Å². The molecule has 1 aliphatic carbocycles. The highest BCUT2D eigenvalue weighted by Gasteiger charge is 2.14. The zero-order chi connectivity index (χ0) is 12.7. The molecule has 1 amide bonds. The Morgan fingerprint density at radius 1 is 1.35 bits per heavy atom. The zero-order valence-electron chi connectivity index (χ0n) is 10.2. The first-order chi connectivity index (χ1) is 8.28. The van der Waals surface area contributed by atoms with Crippen LogP contribution in [0, 0.1) is 0 Å². The van der Waals surface area contributed by atoms with Crippen molar-refractivity contribution in [3.05, 3.63) is 35.4 Å². The molecule has 3 nitrogen and oxygen atoms in total. The van der Waals surface area contributed by atoms with Crippen LogP contribution < -0.4 is 10.5 Å². The average Bonchev–Trinajstić information content (AvgIpc) is 2.38. The van der Waals surface area contributed by atoms with E-state index in [9.17, 15) is 0 Å². The fourth-order valence-corrected chi connectivity index (χ4v) is 2.24. The molecule has 0 radical (unpaired) electrons. The van der Waals surface area contributed by atoms with Crippen molar-refractivity contribution in [2.24, 2.45) is 5.73 Å². The average molecular weight is 233 g/mol. The van der Waals surface area contributed by atoms with Crippen LogP contribution in [0.5, 0.6) is 5.75 Å². The van der Waals surface area contributed by atoms with E-state index in [1.54, 1.807) is 7.11 Å². The Morgan fingerprint density at radius 2 is 2.00 bits per heavy atom. The second-order valence-corrected chi connectivity index (χ2v) is 3.87. The van der Waals surface area contributed by atoms with Crippen LogP contribution in [-0.4, -0.2) is 13.5 Å². The number of nitrogens with two attached hydrogens (primary N) is 1. The lowest BCUT2D eigenvalue weighted by molar-refractivity contribution is -0.106. The van der Waals surface area contributed by atoms with Crippen molar-refractivity contribution in [3.63, 3.8) is 0 Å². The molecular weight excluding hydrogens is 214 g/mol. The smallest absolute Gasteiger partial charge is 0.204 e. The largest absolute Gasteiger partial charge is 0.496 e. The number of hydrogen-bond acceptors (Lipinski definition) is 2. The Balaban J connectivity index is 0.000000437. The third-order valence-corrected chi connectivity index (χ3v) is 2.96. The van der Waals surface area contributed by atoms with Crippen LogP contribution in [0.3, 0.4) is 0 Å². The van der Waals surface area contributed by atoms with Crippen LogP contribution in [0.25, 0.3) is 6.08 Å². The van der Waals surface area contributed by atoms with Gasteiger partial charge in [-0.1, -0.05) is 18.7 Å². The van der Waals surface area contributed by atoms with E-state index in [1.165, 1.54) is 42.4 Å². The van der Waals surface area contributed by atoms with Gasteiger partial charge in [-0.25, -0.2) is 0 Å². The molecule has 1 aromatic rings. The quantitative estimate of drug-likeness (QED) is 0.797. The van der Waals surface area contributed by atoms with Gasteiger partial charge in [0.25, 0.3) is 0 Å². The van der Waals surface area contributed by atoms with Gasteiger partial charge in [0.05, 0.1) is 7.11 Å². The first-order valence-corrected chi connectivity index (χ1v) is 5.75. The molecule has 3 heteroatoms. The van der Waals surface area contributed by atoms with E-state index in [2.05, 4.69) is 24.4 Å². The minimum Gasteiger partial charge on any atom is -0.496 e.